The molecule has 2 N–H and O–H groups in total. The number of nitrogens with zero attached hydrogens (tertiary/aromatic N) is 1. The molecular weight excluding hydrogens is 242 g/mol. The van der Waals surface area contributed by atoms with Crippen LogP contribution in [0.1, 0.15) is 13.8 Å². The Balaban J connectivity index is 4.48. The summed E-state index contributed by atoms with van der Waals surface area (Å²) in [5.74, 6) is -0.688. The average Bonchev–Trinajstić information content (AvgIpc) is 2.09. The van der Waals surface area contributed by atoms with E-state index in [0.29, 0.717) is 13.1 Å². The van der Waals surface area contributed by atoms with Crippen LogP contribution in [-0.4, -0.2) is 57.3 Å². The highest BCUT2D eigenvalue weighted by Crippen LogP contribution is 2.02. The molecule has 0 amide bonds. The van der Waals surface area contributed by atoms with Crippen LogP contribution in [-0.2, 0) is 21.2 Å². The Morgan fingerprint density at radius 1 is 1.33 bits per heavy atom. The van der Waals surface area contributed by atoms with E-state index in [9.17, 15) is 12.6 Å². The van der Waals surface area contributed by atoms with Crippen LogP contribution in [0.25, 0.3) is 0 Å². The van der Waals surface area contributed by atoms with E-state index in [1.165, 1.54) is 0 Å². The Hall–Kier alpha value is -0.0200. The van der Waals surface area contributed by atoms with Crippen molar-refractivity contribution in [2.75, 3.05) is 25.4 Å². The lowest BCUT2D eigenvalue weighted by Gasteiger charge is -2.22. The lowest BCUT2D eigenvalue weighted by Crippen LogP contribution is -2.38. The van der Waals surface area contributed by atoms with Crippen LogP contribution >= 0.6 is 0 Å². The Bertz CT molecular complexity index is 299. The number of hydrogen-bond acceptors (Lipinski definition) is 4. The number of rotatable bonds is 7. The van der Waals surface area contributed by atoms with Gasteiger partial charge in [0.25, 0.3) is 10.1 Å². The minimum absolute atomic E-state index is 0.176. The summed E-state index contributed by atoms with van der Waals surface area (Å²) in [4.78, 5) is 1.82. The van der Waals surface area contributed by atoms with Gasteiger partial charge < -0.3 is 9.45 Å². The fraction of sp³-hybridized carbons (Fsp3) is 1.00. The van der Waals surface area contributed by atoms with Crippen LogP contribution in [0.5, 0.6) is 0 Å². The SMILES string of the molecule is CCN(CC)CC(CS(=O)(=O)O)S(=O)O. The van der Waals surface area contributed by atoms with Crippen molar-refractivity contribution in [3.05, 3.63) is 0 Å². The third kappa shape index (κ3) is 6.96. The molecule has 0 rings (SSSR count). The molecule has 0 saturated carbocycles. The van der Waals surface area contributed by atoms with Gasteiger partial charge in [0.2, 0.25) is 0 Å². The van der Waals surface area contributed by atoms with Crippen LogP contribution < -0.4 is 0 Å². The van der Waals surface area contributed by atoms with E-state index in [1.54, 1.807) is 0 Å². The second-order valence-corrected chi connectivity index (χ2v) is 5.85. The maximum absolute atomic E-state index is 10.9. The predicted molar refractivity (Wildman–Crippen MR) is 58.8 cm³/mol. The highest BCUT2D eigenvalue weighted by atomic mass is 32.2. The van der Waals surface area contributed by atoms with E-state index in [1.807, 2.05) is 18.7 Å². The van der Waals surface area contributed by atoms with Gasteiger partial charge in [0.1, 0.15) is 0 Å². The minimum Gasteiger partial charge on any atom is -0.306 e. The van der Waals surface area contributed by atoms with Gasteiger partial charge in [0, 0.05) is 6.54 Å². The number of hydrogen-bond donors (Lipinski definition) is 2. The summed E-state index contributed by atoms with van der Waals surface area (Å²) in [7, 11) is -4.21. The lowest BCUT2D eigenvalue weighted by molar-refractivity contribution is 0.303. The van der Waals surface area contributed by atoms with E-state index < -0.39 is 32.2 Å². The van der Waals surface area contributed by atoms with Gasteiger partial charge in [-0.05, 0) is 13.1 Å². The van der Waals surface area contributed by atoms with Crippen LogP contribution in [0, 0.1) is 0 Å². The fourth-order valence-electron chi connectivity index (χ4n) is 1.18. The van der Waals surface area contributed by atoms with E-state index in [2.05, 4.69) is 0 Å². The molecule has 0 aliphatic heterocycles. The van der Waals surface area contributed by atoms with Crippen molar-refractivity contribution < 1.29 is 21.7 Å². The Morgan fingerprint density at radius 2 is 1.80 bits per heavy atom. The molecule has 2 atom stereocenters. The maximum atomic E-state index is 10.9. The molecule has 0 heterocycles. The first-order valence-corrected chi connectivity index (χ1v) is 7.35. The molecule has 0 aliphatic carbocycles. The van der Waals surface area contributed by atoms with Crippen LogP contribution in [0.3, 0.4) is 0 Å². The van der Waals surface area contributed by atoms with Gasteiger partial charge in [-0.15, -0.1) is 0 Å². The van der Waals surface area contributed by atoms with Gasteiger partial charge in [0.05, 0.1) is 11.0 Å². The molecule has 0 spiro atoms. The second kappa shape index (κ2) is 6.54. The highest BCUT2D eigenvalue weighted by molar-refractivity contribution is 7.87. The quantitative estimate of drug-likeness (QED) is 0.486. The summed E-state index contributed by atoms with van der Waals surface area (Å²) in [6.45, 7) is 5.24. The molecule has 6 nitrogen and oxygen atoms in total. The predicted octanol–water partition coefficient (Wildman–Crippen LogP) is -0.194. The largest absolute Gasteiger partial charge is 0.306 e. The summed E-state index contributed by atoms with van der Waals surface area (Å²) in [6.07, 6.45) is 0. The van der Waals surface area contributed by atoms with Crippen LogP contribution in [0.2, 0.25) is 0 Å². The summed E-state index contributed by atoms with van der Waals surface area (Å²) in [6, 6.07) is 0. The van der Waals surface area contributed by atoms with Gasteiger partial charge in [-0.25, -0.2) is 4.21 Å². The molecule has 0 saturated heterocycles. The molecule has 0 aliphatic rings. The first-order valence-electron chi connectivity index (χ1n) is 4.57. The van der Waals surface area contributed by atoms with E-state index in [0.717, 1.165) is 0 Å². The van der Waals surface area contributed by atoms with Crippen molar-refractivity contribution in [3.8, 4) is 0 Å². The molecule has 0 radical (unpaired) electrons. The third-order valence-electron chi connectivity index (χ3n) is 2.04. The summed E-state index contributed by atoms with van der Waals surface area (Å²) >= 11 is -2.25. The molecule has 8 heteroatoms. The third-order valence-corrected chi connectivity index (χ3v) is 3.96. The molecule has 92 valence electrons. The van der Waals surface area contributed by atoms with Gasteiger partial charge in [-0.2, -0.15) is 8.42 Å². The zero-order valence-corrected chi connectivity index (χ0v) is 10.4. The molecule has 0 aromatic heterocycles. The van der Waals surface area contributed by atoms with Crippen molar-refractivity contribution in [3.63, 3.8) is 0 Å². The normalized spacial score (nSPS) is 16.6. The molecule has 0 bridgehead atoms. The van der Waals surface area contributed by atoms with Crippen molar-refractivity contribution in [2.24, 2.45) is 0 Å². The van der Waals surface area contributed by atoms with Crippen LogP contribution in [0.4, 0.5) is 0 Å². The average molecular weight is 259 g/mol. The van der Waals surface area contributed by atoms with E-state index in [4.69, 9.17) is 9.11 Å². The zero-order chi connectivity index (χ0) is 12.1. The van der Waals surface area contributed by atoms with E-state index >= 15 is 0 Å². The van der Waals surface area contributed by atoms with E-state index in [-0.39, 0.29) is 6.54 Å². The molecule has 15 heavy (non-hydrogen) atoms. The molecule has 2 unspecified atom stereocenters. The highest BCUT2D eigenvalue weighted by Gasteiger charge is 2.23. The second-order valence-electron chi connectivity index (χ2n) is 3.13. The summed E-state index contributed by atoms with van der Waals surface area (Å²) in [5.41, 5.74) is 0. The van der Waals surface area contributed by atoms with Gasteiger partial charge in [0.15, 0.2) is 11.1 Å². The van der Waals surface area contributed by atoms with Crippen molar-refractivity contribution in [1.82, 2.24) is 4.90 Å². The lowest BCUT2D eigenvalue weighted by atomic mass is 10.4. The first-order chi connectivity index (χ1) is 6.80. The van der Waals surface area contributed by atoms with Crippen molar-refractivity contribution >= 4 is 21.2 Å². The van der Waals surface area contributed by atoms with Gasteiger partial charge in [-0.1, -0.05) is 13.8 Å². The Kier molecular flexibility index (Phi) is 6.53. The smallest absolute Gasteiger partial charge is 0.266 e. The molecule has 0 aromatic rings. The standard InChI is InChI=1S/C7H17NO5S2/c1-3-8(4-2)5-7(14(9)10)6-15(11,12)13/h7H,3-6H2,1-2H3,(H,9,10)(H,11,12,13). The minimum atomic E-state index is -4.21. The van der Waals surface area contributed by atoms with Crippen molar-refractivity contribution in [2.45, 2.75) is 19.1 Å². The molecule has 0 fully saturated rings. The fourth-order valence-corrected chi connectivity index (χ4v) is 3.07. The van der Waals surface area contributed by atoms with Crippen LogP contribution in [0.15, 0.2) is 0 Å². The molecule has 0 aromatic carbocycles. The topological polar surface area (TPSA) is 94.9 Å². The molecular formula is C7H17NO5S2. The van der Waals surface area contributed by atoms with Crippen molar-refractivity contribution in [1.29, 1.82) is 0 Å². The monoisotopic (exact) mass is 259 g/mol. The first kappa shape index (κ1) is 15.0. The van der Waals surface area contributed by atoms with Gasteiger partial charge >= 0.3 is 0 Å². The summed E-state index contributed by atoms with van der Waals surface area (Å²) in [5, 5.41) is -0.972. The van der Waals surface area contributed by atoms with Gasteiger partial charge in [-0.3, -0.25) is 4.55 Å². The Morgan fingerprint density at radius 3 is 2.07 bits per heavy atom. The zero-order valence-electron chi connectivity index (χ0n) is 8.79. The summed E-state index contributed by atoms with van der Waals surface area (Å²) < 4.78 is 49.5. The maximum Gasteiger partial charge on any atom is 0.266 e. The Labute approximate surface area is 92.7 Å².